The zero-order valence-electron chi connectivity index (χ0n) is 7.74. The Balaban J connectivity index is 3.07. The first-order chi connectivity index (χ1) is 7.07. The average molecular weight is 229 g/mol. The predicted molar refractivity (Wildman–Crippen MR) is 56.0 cm³/mol. The van der Waals surface area contributed by atoms with Crippen molar-refractivity contribution in [2.45, 2.75) is 12.2 Å². The van der Waals surface area contributed by atoms with Gasteiger partial charge in [-0.15, -0.1) is 0 Å². The second-order valence-electron chi connectivity index (χ2n) is 2.94. The van der Waals surface area contributed by atoms with Gasteiger partial charge >= 0.3 is 5.97 Å². The summed E-state index contributed by atoms with van der Waals surface area (Å²) in [7, 11) is 0. The van der Waals surface area contributed by atoms with Crippen molar-refractivity contribution in [3.05, 3.63) is 29.6 Å². The monoisotopic (exact) mass is 229 g/mol. The number of pyridine rings is 1. The summed E-state index contributed by atoms with van der Waals surface area (Å²) in [5.74, 6) is -1.20. The van der Waals surface area contributed by atoms with Gasteiger partial charge in [0.15, 0.2) is 5.69 Å². The quantitative estimate of drug-likeness (QED) is 0.550. The van der Waals surface area contributed by atoms with Crippen LogP contribution in [0.25, 0.3) is 0 Å². The highest BCUT2D eigenvalue weighted by atomic mass is 32.1. The number of hydrogen-bond acceptors (Lipinski definition) is 5. The third-order valence-corrected chi connectivity index (χ3v) is 2.29. The number of aliphatic hydroxyl groups excluding tert-OH is 2. The van der Waals surface area contributed by atoms with Crippen LogP contribution >= 0.6 is 12.6 Å². The molecule has 0 aliphatic heterocycles. The number of rotatable bonds is 4. The first kappa shape index (κ1) is 12.0. The van der Waals surface area contributed by atoms with Gasteiger partial charge in [0, 0.05) is 17.5 Å². The van der Waals surface area contributed by atoms with E-state index in [0.29, 0.717) is 0 Å². The lowest BCUT2D eigenvalue weighted by atomic mass is 10.0. The molecule has 0 aromatic carbocycles. The van der Waals surface area contributed by atoms with Crippen molar-refractivity contribution in [2.24, 2.45) is 0 Å². The van der Waals surface area contributed by atoms with Crippen LogP contribution in [0.5, 0.6) is 0 Å². The molecule has 2 atom stereocenters. The Morgan fingerprint density at radius 1 is 1.53 bits per heavy atom. The van der Waals surface area contributed by atoms with Gasteiger partial charge in [-0.05, 0) is 6.07 Å². The van der Waals surface area contributed by atoms with Crippen molar-refractivity contribution in [1.29, 1.82) is 0 Å². The first-order valence-electron chi connectivity index (χ1n) is 4.23. The van der Waals surface area contributed by atoms with E-state index in [-0.39, 0.29) is 17.0 Å². The summed E-state index contributed by atoms with van der Waals surface area (Å²) < 4.78 is 0. The molecule has 3 N–H and O–H groups in total. The summed E-state index contributed by atoms with van der Waals surface area (Å²) in [6, 6.07) is 2.91. The van der Waals surface area contributed by atoms with Crippen LogP contribution in [0.15, 0.2) is 18.3 Å². The van der Waals surface area contributed by atoms with Gasteiger partial charge in [-0.1, -0.05) is 6.07 Å². The summed E-state index contributed by atoms with van der Waals surface area (Å²) in [5, 5.41) is 27.8. The molecule has 0 amide bonds. The SMILES string of the molecule is O=C(O)c1ncccc1C(O)C(O)CS. The van der Waals surface area contributed by atoms with Gasteiger partial charge in [0.2, 0.25) is 0 Å². The van der Waals surface area contributed by atoms with E-state index in [4.69, 9.17) is 5.11 Å². The van der Waals surface area contributed by atoms with E-state index in [2.05, 4.69) is 17.6 Å². The van der Waals surface area contributed by atoms with E-state index in [1.807, 2.05) is 0 Å². The van der Waals surface area contributed by atoms with E-state index in [0.717, 1.165) is 0 Å². The first-order valence-corrected chi connectivity index (χ1v) is 4.86. The fourth-order valence-electron chi connectivity index (χ4n) is 1.14. The van der Waals surface area contributed by atoms with Gasteiger partial charge in [-0.3, -0.25) is 0 Å². The largest absolute Gasteiger partial charge is 0.477 e. The number of aliphatic hydroxyl groups is 2. The highest BCUT2D eigenvalue weighted by Crippen LogP contribution is 2.20. The summed E-state index contributed by atoms with van der Waals surface area (Å²) in [4.78, 5) is 14.4. The molecule has 1 aromatic rings. The highest BCUT2D eigenvalue weighted by molar-refractivity contribution is 7.80. The van der Waals surface area contributed by atoms with Crippen LogP contribution in [-0.2, 0) is 0 Å². The molecule has 0 bridgehead atoms. The predicted octanol–water partition coefficient (Wildman–Crippen LogP) is 0.104. The molecule has 6 heteroatoms. The Bertz CT molecular complexity index is 358. The number of aromatic nitrogens is 1. The lowest BCUT2D eigenvalue weighted by Crippen LogP contribution is -2.22. The molecule has 0 saturated heterocycles. The van der Waals surface area contributed by atoms with Gasteiger partial charge in [-0.25, -0.2) is 9.78 Å². The lowest BCUT2D eigenvalue weighted by molar-refractivity contribution is 0.0319. The maximum absolute atomic E-state index is 10.8. The normalized spacial score (nSPS) is 14.6. The standard InChI is InChI=1S/C9H11NO4S/c11-6(4-15)8(12)5-2-1-3-10-7(5)9(13)14/h1-3,6,8,11-12,15H,4H2,(H,13,14). The third kappa shape index (κ3) is 2.68. The number of aromatic carboxylic acids is 1. The summed E-state index contributed by atoms with van der Waals surface area (Å²) in [5.41, 5.74) is -0.169. The molecule has 0 aliphatic carbocycles. The minimum absolute atomic E-state index is 0.0368. The number of thiol groups is 1. The van der Waals surface area contributed by atoms with Crippen LogP contribution in [0.4, 0.5) is 0 Å². The molecule has 1 heterocycles. The van der Waals surface area contributed by atoms with Gasteiger partial charge in [0.25, 0.3) is 0 Å². The molecular formula is C9H11NO4S. The fourth-order valence-corrected chi connectivity index (χ4v) is 1.34. The topological polar surface area (TPSA) is 90.7 Å². The van der Waals surface area contributed by atoms with Crippen molar-refractivity contribution in [2.75, 3.05) is 5.75 Å². The van der Waals surface area contributed by atoms with E-state index in [1.165, 1.54) is 18.3 Å². The molecule has 1 aromatic heterocycles. The maximum Gasteiger partial charge on any atom is 0.354 e. The molecule has 2 unspecified atom stereocenters. The molecule has 0 aliphatic rings. The van der Waals surface area contributed by atoms with E-state index in [9.17, 15) is 15.0 Å². The smallest absolute Gasteiger partial charge is 0.354 e. The Labute approximate surface area is 91.8 Å². The molecule has 0 spiro atoms. The number of carbonyl (C=O) groups is 1. The van der Waals surface area contributed by atoms with E-state index in [1.54, 1.807) is 0 Å². The van der Waals surface area contributed by atoms with Gasteiger partial charge < -0.3 is 15.3 Å². The van der Waals surface area contributed by atoms with Crippen LogP contribution in [0.1, 0.15) is 22.2 Å². The summed E-state index contributed by atoms with van der Waals surface area (Å²) >= 11 is 3.81. The second kappa shape index (κ2) is 5.11. The maximum atomic E-state index is 10.8. The van der Waals surface area contributed by atoms with Crippen molar-refractivity contribution in [3.8, 4) is 0 Å². The van der Waals surface area contributed by atoms with Crippen molar-refractivity contribution in [3.63, 3.8) is 0 Å². The molecular weight excluding hydrogens is 218 g/mol. The molecule has 15 heavy (non-hydrogen) atoms. The minimum Gasteiger partial charge on any atom is -0.477 e. The van der Waals surface area contributed by atoms with Crippen LogP contribution in [0.2, 0.25) is 0 Å². The second-order valence-corrected chi connectivity index (χ2v) is 3.31. The zero-order chi connectivity index (χ0) is 11.4. The molecule has 5 nitrogen and oxygen atoms in total. The molecule has 82 valence electrons. The van der Waals surface area contributed by atoms with Crippen molar-refractivity contribution < 1.29 is 20.1 Å². The number of carboxylic acid groups (broad SMARTS) is 1. The summed E-state index contributed by atoms with van der Waals surface area (Å²) in [6.07, 6.45) is -1.09. The lowest BCUT2D eigenvalue weighted by Gasteiger charge is -2.17. The fraction of sp³-hybridized carbons (Fsp3) is 0.333. The van der Waals surface area contributed by atoms with Crippen LogP contribution < -0.4 is 0 Å². The van der Waals surface area contributed by atoms with E-state index < -0.39 is 18.2 Å². The van der Waals surface area contributed by atoms with Crippen molar-refractivity contribution in [1.82, 2.24) is 4.98 Å². The molecule has 0 radical (unpaired) electrons. The zero-order valence-corrected chi connectivity index (χ0v) is 8.63. The Morgan fingerprint density at radius 2 is 2.20 bits per heavy atom. The Morgan fingerprint density at radius 3 is 2.73 bits per heavy atom. The number of nitrogens with zero attached hydrogens (tertiary/aromatic N) is 1. The molecule has 0 fully saturated rings. The van der Waals surface area contributed by atoms with Gasteiger partial charge in [0.1, 0.15) is 6.10 Å². The van der Waals surface area contributed by atoms with E-state index >= 15 is 0 Å². The minimum atomic E-state index is -1.29. The number of hydrogen-bond donors (Lipinski definition) is 4. The van der Waals surface area contributed by atoms with Crippen LogP contribution in [0.3, 0.4) is 0 Å². The summed E-state index contributed by atoms with van der Waals surface area (Å²) in [6.45, 7) is 0. The molecule has 1 rings (SSSR count). The van der Waals surface area contributed by atoms with Crippen LogP contribution in [0, 0.1) is 0 Å². The van der Waals surface area contributed by atoms with Gasteiger partial charge in [0.05, 0.1) is 6.10 Å². The van der Waals surface area contributed by atoms with Crippen LogP contribution in [-0.4, -0.2) is 38.1 Å². The molecule has 0 saturated carbocycles. The third-order valence-electron chi connectivity index (χ3n) is 1.91. The number of carboxylic acids is 1. The highest BCUT2D eigenvalue weighted by Gasteiger charge is 2.23. The van der Waals surface area contributed by atoms with Gasteiger partial charge in [-0.2, -0.15) is 12.6 Å². The van der Waals surface area contributed by atoms with Crippen molar-refractivity contribution >= 4 is 18.6 Å². The Kier molecular flexibility index (Phi) is 4.07. The Hall–Kier alpha value is -1.11. The average Bonchev–Trinajstić information content (AvgIpc) is 2.27.